The molecule has 4 rings (SSSR count). The molecule has 1 fully saturated rings. The molecule has 0 unspecified atom stereocenters. The first-order chi connectivity index (χ1) is 16.3. The molecule has 2 aromatic rings. The number of carboxylic acid groups (broad SMARTS) is 1. The van der Waals surface area contributed by atoms with Crippen molar-refractivity contribution < 1.29 is 32.3 Å². The van der Waals surface area contributed by atoms with Crippen LogP contribution in [0.25, 0.3) is 0 Å². The average molecular weight is 499 g/mol. The third-order valence-corrected chi connectivity index (χ3v) is 6.31. The van der Waals surface area contributed by atoms with Gasteiger partial charge in [-0.15, -0.1) is 0 Å². The zero-order valence-electron chi connectivity index (χ0n) is 20.0. The number of fused-ring (bicyclic) bond motifs is 2. The maximum atomic E-state index is 13.1. The van der Waals surface area contributed by atoms with E-state index in [4.69, 9.17) is 15.0 Å². The molecule has 0 atom stereocenters. The van der Waals surface area contributed by atoms with Gasteiger partial charge in [0.2, 0.25) is 0 Å². The van der Waals surface area contributed by atoms with Gasteiger partial charge in [0, 0.05) is 38.3 Å². The average Bonchev–Trinajstić information content (AvgIpc) is 3.19. The van der Waals surface area contributed by atoms with Gasteiger partial charge < -0.3 is 10.0 Å². The van der Waals surface area contributed by atoms with Crippen molar-refractivity contribution in [2.45, 2.75) is 51.4 Å². The Labute approximate surface area is 201 Å². The van der Waals surface area contributed by atoms with Gasteiger partial charge >= 0.3 is 12.1 Å². The number of carbonyl (C=O) groups is 2. The number of carbonyl (C=O) groups excluding carboxylic acids is 1. The van der Waals surface area contributed by atoms with Gasteiger partial charge in [-0.3, -0.25) is 14.4 Å². The van der Waals surface area contributed by atoms with Gasteiger partial charge in [0.1, 0.15) is 5.82 Å². The fraction of sp³-hybridized carbons (Fsp3) is 0.542. The SMILES string of the molecule is CC(C)Cn1cc2c(n1)C1(CCN(Cc3ccc(F)cc3)CC1)CN(C)C2=O.O=C(O)C(F)(F)F. The normalized spacial score (nSPS) is 17.8. The molecule has 0 radical (unpaired) electrons. The molecule has 192 valence electrons. The second-order valence-electron chi connectivity index (χ2n) is 9.65. The minimum Gasteiger partial charge on any atom is -0.475 e. The van der Waals surface area contributed by atoms with Gasteiger partial charge in [-0.05, 0) is 49.5 Å². The Morgan fingerprint density at radius 1 is 1.17 bits per heavy atom. The number of amides is 1. The molecule has 35 heavy (non-hydrogen) atoms. The number of likely N-dealkylation sites (N-methyl/N-ethyl adjacent to an activating group) is 1. The Kier molecular flexibility index (Phi) is 7.88. The number of rotatable bonds is 4. The summed E-state index contributed by atoms with van der Waals surface area (Å²) in [4.78, 5) is 25.9. The predicted molar refractivity (Wildman–Crippen MR) is 120 cm³/mol. The number of benzene rings is 1. The van der Waals surface area contributed by atoms with E-state index in [1.807, 2.05) is 35.0 Å². The van der Waals surface area contributed by atoms with Crippen LogP contribution in [0.4, 0.5) is 17.6 Å². The number of likely N-dealkylation sites (tertiary alicyclic amines) is 1. The summed E-state index contributed by atoms with van der Waals surface area (Å²) in [6.07, 6.45) is -1.17. The smallest absolute Gasteiger partial charge is 0.475 e. The van der Waals surface area contributed by atoms with Crippen molar-refractivity contribution in [3.8, 4) is 0 Å². The van der Waals surface area contributed by atoms with Gasteiger partial charge in [-0.2, -0.15) is 18.3 Å². The van der Waals surface area contributed by atoms with Crippen molar-refractivity contribution in [2.75, 3.05) is 26.7 Å². The highest BCUT2D eigenvalue weighted by molar-refractivity contribution is 5.96. The molecular weight excluding hydrogens is 468 g/mol. The van der Waals surface area contributed by atoms with Crippen LogP contribution in [-0.4, -0.2) is 69.4 Å². The van der Waals surface area contributed by atoms with Crippen LogP contribution in [0.1, 0.15) is 48.3 Å². The lowest BCUT2D eigenvalue weighted by Crippen LogP contribution is -2.53. The van der Waals surface area contributed by atoms with Crippen LogP contribution in [-0.2, 0) is 23.3 Å². The highest BCUT2D eigenvalue weighted by Gasteiger charge is 2.46. The minimum absolute atomic E-state index is 0.0560. The number of halogens is 4. The standard InChI is InChI=1S/C22H29FN4O.C2HF3O2/c1-16(2)12-27-14-19-20(24-27)22(15-25(3)21(19)28)8-10-26(11-9-22)13-17-4-6-18(23)7-5-17;3-2(4,5)1(6)7/h4-7,14,16H,8-13,15H2,1-3H3;(H,6,7). The molecule has 0 saturated carbocycles. The molecule has 7 nitrogen and oxygen atoms in total. The molecule has 1 N–H and O–H groups in total. The maximum Gasteiger partial charge on any atom is 0.490 e. The monoisotopic (exact) mass is 498 g/mol. The van der Waals surface area contributed by atoms with E-state index in [0.29, 0.717) is 5.92 Å². The van der Waals surface area contributed by atoms with Crippen LogP contribution >= 0.6 is 0 Å². The van der Waals surface area contributed by atoms with Crippen LogP contribution in [0.5, 0.6) is 0 Å². The predicted octanol–water partition coefficient (Wildman–Crippen LogP) is 3.93. The molecule has 0 aliphatic carbocycles. The van der Waals surface area contributed by atoms with E-state index < -0.39 is 12.1 Å². The van der Waals surface area contributed by atoms with Crippen LogP contribution in [0.3, 0.4) is 0 Å². The fourth-order valence-electron chi connectivity index (χ4n) is 4.63. The Balaban J connectivity index is 0.000000429. The van der Waals surface area contributed by atoms with Gasteiger partial charge in [0.25, 0.3) is 5.91 Å². The van der Waals surface area contributed by atoms with Gasteiger partial charge in [0.05, 0.1) is 11.3 Å². The molecule has 1 amide bonds. The van der Waals surface area contributed by atoms with Crippen molar-refractivity contribution in [3.63, 3.8) is 0 Å². The summed E-state index contributed by atoms with van der Waals surface area (Å²) in [7, 11) is 1.90. The zero-order valence-corrected chi connectivity index (χ0v) is 20.0. The number of hydrogen-bond acceptors (Lipinski definition) is 4. The van der Waals surface area contributed by atoms with Crippen LogP contribution in [0, 0.1) is 11.7 Å². The zero-order chi connectivity index (χ0) is 26.0. The molecule has 2 aliphatic heterocycles. The van der Waals surface area contributed by atoms with E-state index in [-0.39, 0.29) is 17.1 Å². The molecule has 1 spiro atoms. The van der Waals surface area contributed by atoms with Crippen LogP contribution in [0.15, 0.2) is 30.5 Å². The summed E-state index contributed by atoms with van der Waals surface area (Å²) in [6, 6.07) is 6.77. The van der Waals surface area contributed by atoms with E-state index in [1.165, 1.54) is 12.1 Å². The molecular formula is C24H30F4N4O3. The number of aromatic nitrogens is 2. The molecule has 1 aromatic carbocycles. The second kappa shape index (κ2) is 10.3. The number of alkyl halides is 3. The lowest BCUT2D eigenvalue weighted by molar-refractivity contribution is -0.192. The largest absolute Gasteiger partial charge is 0.490 e. The molecule has 3 heterocycles. The molecule has 11 heteroatoms. The third kappa shape index (κ3) is 6.39. The van der Waals surface area contributed by atoms with Crippen molar-refractivity contribution in [3.05, 3.63) is 53.1 Å². The number of carboxylic acids is 1. The highest BCUT2D eigenvalue weighted by Crippen LogP contribution is 2.41. The highest BCUT2D eigenvalue weighted by atomic mass is 19.4. The second-order valence-corrected chi connectivity index (χ2v) is 9.65. The lowest BCUT2D eigenvalue weighted by Gasteiger charge is -2.45. The quantitative estimate of drug-likeness (QED) is 0.647. The minimum atomic E-state index is -5.08. The first-order valence-corrected chi connectivity index (χ1v) is 11.4. The lowest BCUT2D eigenvalue weighted by atomic mass is 9.72. The fourth-order valence-corrected chi connectivity index (χ4v) is 4.63. The van der Waals surface area contributed by atoms with Crippen LogP contribution in [0.2, 0.25) is 0 Å². The third-order valence-electron chi connectivity index (χ3n) is 6.31. The van der Waals surface area contributed by atoms with Crippen molar-refractivity contribution in [1.29, 1.82) is 0 Å². The van der Waals surface area contributed by atoms with Gasteiger partial charge in [-0.1, -0.05) is 26.0 Å². The van der Waals surface area contributed by atoms with E-state index in [2.05, 4.69) is 18.7 Å². The summed E-state index contributed by atoms with van der Waals surface area (Å²) < 4.78 is 46.8. The van der Waals surface area contributed by atoms with Gasteiger partial charge in [0.15, 0.2) is 0 Å². The number of piperidine rings is 1. The van der Waals surface area contributed by atoms with Crippen molar-refractivity contribution >= 4 is 11.9 Å². The summed E-state index contributed by atoms with van der Waals surface area (Å²) in [5.41, 5.74) is 2.86. The number of aliphatic carboxylic acids is 1. The van der Waals surface area contributed by atoms with E-state index >= 15 is 0 Å². The maximum absolute atomic E-state index is 13.1. The topological polar surface area (TPSA) is 78.7 Å². The number of hydrogen-bond donors (Lipinski definition) is 1. The van der Waals surface area contributed by atoms with E-state index in [9.17, 15) is 22.4 Å². The van der Waals surface area contributed by atoms with Gasteiger partial charge in [-0.25, -0.2) is 9.18 Å². The van der Waals surface area contributed by atoms with E-state index in [1.54, 1.807) is 0 Å². The molecule has 1 saturated heterocycles. The molecule has 2 aliphatic rings. The summed E-state index contributed by atoms with van der Waals surface area (Å²) in [5.74, 6) is -2.37. The van der Waals surface area contributed by atoms with E-state index in [0.717, 1.165) is 62.4 Å². The van der Waals surface area contributed by atoms with Crippen molar-refractivity contribution in [1.82, 2.24) is 19.6 Å². The van der Waals surface area contributed by atoms with Crippen LogP contribution < -0.4 is 0 Å². The Hall–Kier alpha value is -2.95. The Morgan fingerprint density at radius 3 is 2.26 bits per heavy atom. The van der Waals surface area contributed by atoms with Crippen molar-refractivity contribution in [2.24, 2.45) is 5.92 Å². The summed E-state index contributed by atoms with van der Waals surface area (Å²) >= 11 is 0. The first kappa shape index (κ1) is 26.7. The first-order valence-electron chi connectivity index (χ1n) is 11.4. The number of nitrogens with zero attached hydrogens (tertiary/aromatic N) is 4. The molecule has 0 bridgehead atoms. The Morgan fingerprint density at radius 2 is 1.74 bits per heavy atom. The summed E-state index contributed by atoms with van der Waals surface area (Å²) in [5, 5.41) is 12.0. The summed E-state index contributed by atoms with van der Waals surface area (Å²) in [6.45, 7) is 8.64. The molecule has 1 aromatic heterocycles. The Bertz CT molecular complexity index is 1040.